The molecule has 2 aromatic carbocycles. The molecule has 2 rings (SSSR count). The third-order valence-corrected chi connectivity index (χ3v) is 3.20. The molecular weight excluding hydrogens is 232 g/mol. The highest BCUT2D eigenvalue weighted by atomic mass is 16.5. The van der Waals surface area contributed by atoms with E-state index >= 15 is 0 Å². The first-order valence-corrected chi connectivity index (χ1v) is 7.18. The summed E-state index contributed by atoms with van der Waals surface area (Å²) in [6.45, 7) is 4.39. The van der Waals surface area contributed by atoms with Crippen LogP contribution in [-0.2, 0) is 12.8 Å². The van der Waals surface area contributed by atoms with Crippen LogP contribution in [-0.4, -0.2) is 0 Å². The van der Waals surface area contributed by atoms with E-state index in [-0.39, 0.29) is 0 Å². The molecule has 0 radical (unpaired) electrons. The largest absolute Gasteiger partial charge is 0.457 e. The van der Waals surface area contributed by atoms with E-state index in [4.69, 9.17) is 4.74 Å². The first-order chi connectivity index (χ1) is 9.35. The molecule has 0 atom stereocenters. The molecular formula is C18H22O. The molecule has 100 valence electrons. The Kier molecular flexibility index (Phi) is 5.02. The lowest BCUT2D eigenvalue weighted by molar-refractivity contribution is 0.469. The van der Waals surface area contributed by atoms with Gasteiger partial charge in [-0.1, -0.05) is 63.1 Å². The van der Waals surface area contributed by atoms with Crippen LogP contribution in [0.25, 0.3) is 0 Å². The average molecular weight is 254 g/mol. The molecule has 0 amide bonds. The van der Waals surface area contributed by atoms with Crippen molar-refractivity contribution in [3.05, 3.63) is 59.7 Å². The molecule has 0 bridgehead atoms. The van der Waals surface area contributed by atoms with Crippen molar-refractivity contribution in [1.29, 1.82) is 0 Å². The molecule has 2 aromatic rings. The van der Waals surface area contributed by atoms with E-state index in [1.54, 1.807) is 0 Å². The van der Waals surface area contributed by atoms with Crippen LogP contribution in [0.5, 0.6) is 11.5 Å². The highest BCUT2D eigenvalue weighted by molar-refractivity contribution is 5.41. The minimum absolute atomic E-state index is 0.993. The number of benzene rings is 2. The van der Waals surface area contributed by atoms with Gasteiger partial charge in [-0.2, -0.15) is 0 Å². The number of hydrogen-bond donors (Lipinski definition) is 0. The van der Waals surface area contributed by atoms with Crippen LogP contribution in [0.2, 0.25) is 0 Å². The molecule has 0 aromatic heterocycles. The van der Waals surface area contributed by atoms with Crippen molar-refractivity contribution < 1.29 is 4.74 Å². The van der Waals surface area contributed by atoms with Crippen molar-refractivity contribution in [2.75, 3.05) is 0 Å². The van der Waals surface area contributed by atoms with Crippen LogP contribution in [0.15, 0.2) is 48.5 Å². The van der Waals surface area contributed by atoms with Gasteiger partial charge in [0.1, 0.15) is 11.5 Å². The Morgan fingerprint density at radius 2 is 1.11 bits per heavy atom. The Bertz CT molecular complexity index is 469. The van der Waals surface area contributed by atoms with E-state index in [0.717, 1.165) is 37.2 Å². The number of hydrogen-bond acceptors (Lipinski definition) is 1. The smallest absolute Gasteiger partial charge is 0.130 e. The molecule has 1 heteroatoms. The summed E-state index contributed by atoms with van der Waals surface area (Å²) in [4.78, 5) is 0. The zero-order valence-corrected chi connectivity index (χ0v) is 11.9. The fourth-order valence-corrected chi connectivity index (χ4v) is 2.28. The van der Waals surface area contributed by atoms with E-state index in [9.17, 15) is 0 Å². The van der Waals surface area contributed by atoms with Crippen LogP contribution in [0.4, 0.5) is 0 Å². The Hall–Kier alpha value is -1.76. The lowest BCUT2D eigenvalue weighted by Gasteiger charge is -2.13. The van der Waals surface area contributed by atoms with E-state index in [1.807, 2.05) is 12.1 Å². The average Bonchev–Trinajstić information content (AvgIpc) is 2.44. The molecule has 19 heavy (non-hydrogen) atoms. The second kappa shape index (κ2) is 6.98. The summed E-state index contributed by atoms with van der Waals surface area (Å²) in [5.41, 5.74) is 2.58. The van der Waals surface area contributed by atoms with Crippen molar-refractivity contribution in [2.45, 2.75) is 39.5 Å². The summed E-state index contributed by atoms with van der Waals surface area (Å²) in [6.07, 6.45) is 4.40. The Morgan fingerprint density at radius 1 is 0.684 bits per heavy atom. The standard InChI is InChI=1S/C18H22O/c1-3-9-15-11-5-7-13-17(15)19-18-14-8-6-12-16(18)10-4-2/h5-8,11-14H,3-4,9-10H2,1-2H3. The summed E-state index contributed by atoms with van der Waals surface area (Å²) in [7, 11) is 0. The van der Waals surface area contributed by atoms with Gasteiger partial charge in [-0.15, -0.1) is 0 Å². The maximum Gasteiger partial charge on any atom is 0.130 e. The molecule has 0 aliphatic carbocycles. The van der Waals surface area contributed by atoms with Crippen LogP contribution in [0.3, 0.4) is 0 Å². The maximum absolute atomic E-state index is 6.15. The number of para-hydroxylation sites is 2. The predicted molar refractivity (Wildman–Crippen MR) is 80.9 cm³/mol. The lowest BCUT2D eigenvalue weighted by atomic mass is 10.1. The monoisotopic (exact) mass is 254 g/mol. The molecule has 0 saturated heterocycles. The minimum atomic E-state index is 0.993. The van der Waals surface area contributed by atoms with Crippen molar-refractivity contribution in [3.8, 4) is 11.5 Å². The van der Waals surface area contributed by atoms with Gasteiger partial charge in [-0.05, 0) is 36.1 Å². The fourth-order valence-electron chi connectivity index (χ4n) is 2.28. The first-order valence-electron chi connectivity index (χ1n) is 7.18. The highest BCUT2D eigenvalue weighted by Crippen LogP contribution is 2.29. The van der Waals surface area contributed by atoms with Gasteiger partial charge in [0.05, 0.1) is 0 Å². The van der Waals surface area contributed by atoms with Crippen molar-refractivity contribution in [2.24, 2.45) is 0 Å². The summed E-state index contributed by atoms with van der Waals surface area (Å²) in [5, 5.41) is 0. The van der Waals surface area contributed by atoms with Gasteiger partial charge < -0.3 is 4.74 Å². The third kappa shape index (κ3) is 3.60. The van der Waals surface area contributed by atoms with Gasteiger partial charge in [0.15, 0.2) is 0 Å². The number of aryl methyl sites for hydroxylation is 2. The third-order valence-electron chi connectivity index (χ3n) is 3.20. The Morgan fingerprint density at radius 3 is 1.53 bits per heavy atom. The molecule has 0 N–H and O–H groups in total. The van der Waals surface area contributed by atoms with Crippen LogP contribution in [0.1, 0.15) is 37.8 Å². The maximum atomic E-state index is 6.15. The second-order valence-corrected chi connectivity index (χ2v) is 4.82. The second-order valence-electron chi connectivity index (χ2n) is 4.82. The Balaban J connectivity index is 2.25. The van der Waals surface area contributed by atoms with E-state index < -0.39 is 0 Å². The van der Waals surface area contributed by atoms with E-state index in [2.05, 4.69) is 50.2 Å². The molecule has 0 aliphatic heterocycles. The summed E-state index contributed by atoms with van der Waals surface area (Å²) < 4.78 is 6.15. The van der Waals surface area contributed by atoms with Gasteiger partial charge >= 0.3 is 0 Å². The molecule has 0 heterocycles. The zero-order valence-electron chi connectivity index (χ0n) is 11.9. The number of rotatable bonds is 6. The summed E-state index contributed by atoms with van der Waals surface area (Å²) in [6, 6.07) is 16.7. The van der Waals surface area contributed by atoms with E-state index in [0.29, 0.717) is 0 Å². The van der Waals surface area contributed by atoms with Gasteiger partial charge in [-0.3, -0.25) is 0 Å². The molecule has 0 saturated carbocycles. The SMILES string of the molecule is CCCc1ccccc1Oc1ccccc1CCC. The van der Waals surface area contributed by atoms with E-state index in [1.165, 1.54) is 11.1 Å². The van der Waals surface area contributed by atoms with Crippen molar-refractivity contribution in [3.63, 3.8) is 0 Å². The van der Waals surface area contributed by atoms with Crippen LogP contribution in [0, 0.1) is 0 Å². The first kappa shape index (κ1) is 13.7. The van der Waals surface area contributed by atoms with Crippen molar-refractivity contribution in [1.82, 2.24) is 0 Å². The molecule has 0 fully saturated rings. The topological polar surface area (TPSA) is 9.23 Å². The lowest BCUT2D eigenvalue weighted by Crippen LogP contribution is -1.94. The molecule has 0 aliphatic rings. The van der Waals surface area contributed by atoms with Gasteiger partial charge in [0.25, 0.3) is 0 Å². The fraction of sp³-hybridized carbons (Fsp3) is 0.333. The van der Waals surface area contributed by atoms with Crippen molar-refractivity contribution >= 4 is 0 Å². The Labute approximate surface area is 116 Å². The summed E-state index contributed by atoms with van der Waals surface area (Å²) in [5.74, 6) is 1.99. The molecule has 0 unspecified atom stereocenters. The quantitative estimate of drug-likeness (QED) is 0.672. The normalized spacial score (nSPS) is 10.4. The minimum Gasteiger partial charge on any atom is -0.457 e. The highest BCUT2D eigenvalue weighted by Gasteiger charge is 2.06. The van der Waals surface area contributed by atoms with Crippen LogP contribution < -0.4 is 4.74 Å². The summed E-state index contributed by atoms with van der Waals surface area (Å²) >= 11 is 0. The molecule has 0 spiro atoms. The van der Waals surface area contributed by atoms with Crippen LogP contribution >= 0.6 is 0 Å². The van der Waals surface area contributed by atoms with Gasteiger partial charge in [-0.25, -0.2) is 0 Å². The van der Waals surface area contributed by atoms with Gasteiger partial charge in [0.2, 0.25) is 0 Å². The van der Waals surface area contributed by atoms with Gasteiger partial charge in [0, 0.05) is 0 Å². The molecule has 1 nitrogen and oxygen atoms in total. The number of ether oxygens (including phenoxy) is 1. The predicted octanol–water partition coefficient (Wildman–Crippen LogP) is 5.38. The zero-order chi connectivity index (χ0) is 13.5.